The van der Waals surface area contributed by atoms with Gasteiger partial charge in [0.1, 0.15) is 0 Å². The van der Waals surface area contributed by atoms with E-state index in [1.807, 2.05) is 12.1 Å². The second kappa shape index (κ2) is 6.40. The molecule has 3 nitrogen and oxygen atoms in total. The smallest absolute Gasteiger partial charge is 0.304 e. The zero-order valence-electron chi connectivity index (χ0n) is 10.5. The highest BCUT2D eigenvalue weighted by Crippen LogP contribution is 2.20. The molecule has 1 aromatic carbocycles. The summed E-state index contributed by atoms with van der Waals surface area (Å²) in [7, 11) is 0. The van der Waals surface area contributed by atoms with E-state index in [0.717, 1.165) is 12.0 Å². The standard InChI is InChI=1S/C14H21NO2/c1-10(2)7-11-3-5-12(6-4-11)13(9-15)8-14(16)17/h3-6,10,13H,7-9,15H2,1-2H3,(H,16,17). The van der Waals surface area contributed by atoms with E-state index in [-0.39, 0.29) is 12.3 Å². The van der Waals surface area contributed by atoms with Gasteiger partial charge in [-0.05, 0) is 30.0 Å². The van der Waals surface area contributed by atoms with Gasteiger partial charge >= 0.3 is 5.97 Å². The van der Waals surface area contributed by atoms with Crippen LogP contribution >= 0.6 is 0 Å². The van der Waals surface area contributed by atoms with Crippen LogP contribution in [0.2, 0.25) is 0 Å². The van der Waals surface area contributed by atoms with Crippen molar-refractivity contribution in [2.75, 3.05) is 6.54 Å². The minimum Gasteiger partial charge on any atom is -0.481 e. The van der Waals surface area contributed by atoms with Gasteiger partial charge in [0.25, 0.3) is 0 Å². The summed E-state index contributed by atoms with van der Waals surface area (Å²) in [6.07, 6.45) is 1.15. The van der Waals surface area contributed by atoms with E-state index in [4.69, 9.17) is 10.8 Å². The molecule has 0 aliphatic rings. The molecule has 3 N–H and O–H groups in total. The zero-order chi connectivity index (χ0) is 12.8. The lowest BCUT2D eigenvalue weighted by Crippen LogP contribution is -2.16. The molecule has 0 amide bonds. The molecule has 94 valence electrons. The number of carbonyl (C=O) groups is 1. The average molecular weight is 235 g/mol. The molecule has 0 bridgehead atoms. The monoisotopic (exact) mass is 235 g/mol. The number of nitrogens with two attached hydrogens (primary N) is 1. The van der Waals surface area contributed by atoms with Crippen LogP contribution in [-0.2, 0) is 11.2 Å². The van der Waals surface area contributed by atoms with Crippen molar-refractivity contribution in [1.82, 2.24) is 0 Å². The van der Waals surface area contributed by atoms with E-state index in [1.165, 1.54) is 5.56 Å². The van der Waals surface area contributed by atoms with E-state index >= 15 is 0 Å². The molecule has 0 aromatic heterocycles. The van der Waals surface area contributed by atoms with Gasteiger partial charge in [-0.3, -0.25) is 4.79 Å². The van der Waals surface area contributed by atoms with Crippen LogP contribution in [-0.4, -0.2) is 17.6 Å². The molecule has 0 radical (unpaired) electrons. The van der Waals surface area contributed by atoms with Crippen molar-refractivity contribution in [1.29, 1.82) is 0 Å². The summed E-state index contributed by atoms with van der Waals surface area (Å²) in [5.74, 6) is -0.252. The second-order valence-corrected chi connectivity index (χ2v) is 4.87. The van der Waals surface area contributed by atoms with Crippen LogP contribution in [0.3, 0.4) is 0 Å². The first kappa shape index (κ1) is 13.7. The summed E-state index contributed by atoms with van der Waals surface area (Å²) >= 11 is 0. The van der Waals surface area contributed by atoms with Gasteiger partial charge in [-0.2, -0.15) is 0 Å². The largest absolute Gasteiger partial charge is 0.481 e. The van der Waals surface area contributed by atoms with E-state index in [0.29, 0.717) is 12.5 Å². The molecule has 1 aromatic rings. The topological polar surface area (TPSA) is 63.3 Å². The maximum absolute atomic E-state index is 10.7. The first-order valence-electron chi connectivity index (χ1n) is 6.03. The summed E-state index contributed by atoms with van der Waals surface area (Å²) in [6.45, 7) is 4.73. The van der Waals surface area contributed by atoms with Crippen LogP contribution in [0.25, 0.3) is 0 Å². The molecule has 1 rings (SSSR count). The van der Waals surface area contributed by atoms with Gasteiger partial charge in [-0.1, -0.05) is 38.1 Å². The lowest BCUT2D eigenvalue weighted by atomic mass is 9.93. The molecule has 1 atom stereocenters. The van der Waals surface area contributed by atoms with Crippen LogP contribution < -0.4 is 5.73 Å². The predicted octanol–water partition coefficient (Wildman–Crippen LogP) is 2.40. The van der Waals surface area contributed by atoms with Gasteiger partial charge in [0.15, 0.2) is 0 Å². The summed E-state index contributed by atoms with van der Waals surface area (Å²) in [4.78, 5) is 10.7. The van der Waals surface area contributed by atoms with Crippen molar-refractivity contribution in [3.05, 3.63) is 35.4 Å². The Bertz CT molecular complexity index is 357. The van der Waals surface area contributed by atoms with E-state index in [9.17, 15) is 4.79 Å². The third-order valence-corrected chi connectivity index (χ3v) is 2.80. The van der Waals surface area contributed by atoms with Gasteiger partial charge in [-0.25, -0.2) is 0 Å². The van der Waals surface area contributed by atoms with Gasteiger partial charge in [0, 0.05) is 5.92 Å². The Morgan fingerprint density at radius 1 is 1.29 bits per heavy atom. The third kappa shape index (κ3) is 4.57. The zero-order valence-corrected chi connectivity index (χ0v) is 10.5. The lowest BCUT2D eigenvalue weighted by molar-refractivity contribution is -0.137. The van der Waals surface area contributed by atoms with Gasteiger partial charge in [-0.15, -0.1) is 0 Å². The van der Waals surface area contributed by atoms with E-state index in [2.05, 4.69) is 26.0 Å². The fraction of sp³-hybridized carbons (Fsp3) is 0.500. The highest BCUT2D eigenvalue weighted by atomic mass is 16.4. The molecule has 0 aliphatic heterocycles. The maximum Gasteiger partial charge on any atom is 0.304 e. The fourth-order valence-electron chi connectivity index (χ4n) is 1.95. The molecule has 0 aliphatic carbocycles. The lowest BCUT2D eigenvalue weighted by Gasteiger charge is -2.13. The van der Waals surface area contributed by atoms with Crippen LogP contribution in [0.1, 0.15) is 37.3 Å². The predicted molar refractivity (Wildman–Crippen MR) is 69.0 cm³/mol. The van der Waals surface area contributed by atoms with Crippen molar-refractivity contribution in [3.8, 4) is 0 Å². The molecular formula is C14H21NO2. The van der Waals surface area contributed by atoms with E-state index < -0.39 is 5.97 Å². The van der Waals surface area contributed by atoms with Crippen LogP contribution in [0.15, 0.2) is 24.3 Å². The first-order valence-corrected chi connectivity index (χ1v) is 6.03. The Morgan fingerprint density at radius 2 is 1.88 bits per heavy atom. The summed E-state index contributed by atoms with van der Waals surface area (Å²) in [6, 6.07) is 8.13. The van der Waals surface area contributed by atoms with Crippen molar-refractivity contribution < 1.29 is 9.90 Å². The third-order valence-electron chi connectivity index (χ3n) is 2.80. The van der Waals surface area contributed by atoms with Crippen molar-refractivity contribution >= 4 is 5.97 Å². The molecule has 1 unspecified atom stereocenters. The first-order chi connectivity index (χ1) is 8.02. The normalized spacial score (nSPS) is 12.7. The Kier molecular flexibility index (Phi) is 5.16. The molecule has 17 heavy (non-hydrogen) atoms. The van der Waals surface area contributed by atoms with Gasteiger partial charge in [0.05, 0.1) is 6.42 Å². The molecule has 0 heterocycles. The molecule has 0 saturated heterocycles. The summed E-state index contributed by atoms with van der Waals surface area (Å²) in [5.41, 5.74) is 7.91. The molecule has 0 saturated carbocycles. The Hall–Kier alpha value is -1.35. The van der Waals surface area contributed by atoms with Crippen molar-refractivity contribution in [3.63, 3.8) is 0 Å². The van der Waals surface area contributed by atoms with Gasteiger partial charge in [0.2, 0.25) is 0 Å². The highest BCUT2D eigenvalue weighted by Gasteiger charge is 2.13. The Balaban J connectivity index is 2.74. The fourth-order valence-corrected chi connectivity index (χ4v) is 1.95. The maximum atomic E-state index is 10.7. The minimum atomic E-state index is -0.799. The average Bonchev–Trinajstić information content (AvgIpc) is 2.26. The molecular weight excluding hydrogens is 214 g/mol. The molecule has 0 fully saturated rings. The Labute approximate surface area is 103 Å². The van der Waals surface area contributed by atoms with Gasteiger partial charge < -0.3 is 10.8 Å². The quantitative estimate of drug-likeness (QED) is 0.795. The number of carboxylic acid groups (broad SMARTS) is 1. The van der Waals surface area contributed by atoms with Crippen LogP contribution in [0.5, 0.6) is 0 Å². The number of aliphatic carboxylic acids is 1. The molecule has 0 spiro atoms. The number of hydrogen-bond donors (Lipinski definition) is 2. The van der Waals surface area contributed by atoms with Crippen LogP contribution in [0.4, 0.5) is 0 Å². The summed E-state index contributed by atoms with van der Waals surface area (Å²) < 4.78 is 0. The van der Waals surface area contributed by atoms with Crippen molar-refractivity contribution in [2.24, 2.45) is 11.7 Å². The molecule has 3 heteroatoms. The Morgan fingerprint density at radius 3 is 2.29 bits per heavy atom. The number of hydrogen-bond acceptors (Lipinski definition) is 2. The number of carboxylic acids is 1. The number of benzene rings is 1. The minimum absolute atomic E-state index is 0.0828. The van der Waals surface area contributed by atoms with Crippen molar-refractivity contribution in [2.45, 2.75) is 32.6 Å². The second-order valence-electron chi connectivity index (χ2n) is 4.87. The highest BCUT2D eigenvalue weighted by molar-refractivity contribution is 5.68. The summed E-state index contributed by atoms with van der Waals surface area (Å²) in [5, 5.41) is 8.79. The van der Waals surface area contributed by atoms with E-state index in [1.54, 1.807) is 0 Å². The van der Waals surface area contributed by atoms with Crippen LogP contribution in [0, 0.1) is 5.92 Å². The number of rotatable bonds is 6. The SMILES string of the molecule is CC(C)Cc1ccc(C(CN)CC(=O)O)cc1.